The number of alkyl halides is 4. The van der Waals surface area contributed by atoms with Crippen molar-refractivity contribution in [2.24, 2.45) is 5.92 Å². The van der Waals surface area contributed by atoms with Crippen LogP contribution in [0.15, 0.2) is 0 Å². The van der Waals surface area contributed by atoms with Gasteiger partial charge < -0.3 is 9.84 Å². The third-order valence-electron chi connectivity index (χ3n) is 4.40. The summed E-state index contributed by atoms with van der Waals surface area (Å²) in [5.74, 6) is -1.61. The van der Waals surface area contributed by atoms with Crippen LogP contribution in [0.5, 0.6) is 0 Å². The topological polar surface area (TPSA) is 46.5 Å². The average molecular weight is 436 g/mol. The third kappa shape index (κ3) is 4.49. The van der Waals surface area contributed by atoms with Crippen molar-refractivity contribution in [2.45, 2.75) is 80.6 Å². The molecule has 22 heavy (non-hydrogen) atoms. The number of aliphatic hydroxyl groups is 1. The van der Waals surface area contributed by atoms with E-state index >= 15 is 0 Å². The van der Waals surface area contributed by atoms with Gasteiger partial charge >= 0.3 is 12.1 Å². The summed E-state index contributed by atoms with van der Waals surface area (Å²) in [6.07, 6.45) is -2.38. The Hall–Kier alpha value is -0.0500. The van der Waals surface area contributed by atoms with E-state index in [1.807, 2.05) is 29.5 Å². The Kier molecular flexibility index (Phi) is 6.58. The number of halogens is 4. The minimum atomic E-state index is -4.74. The van der Waals surface area contributed by atoms with Crippen LogP contribution in [0.1, 0.15) is 59.3 Å². The van der Waals surface area contributed by atoms with E-state index in [4.69, 9.17) is 4.74 Å². The highest BCUT2D eigenvalue weighted by molar-refractivity contribution is 14.1. The van der Waals surface area contributed by atoms with Crippen molar-refractivity contribution in [1.29, 1.82) is 0 Å². The summed E-state index contributed by atoms with van der Waals surface area (Å²) in [4.78, 5) is 12.3. The molecule has 1 aliphatic rings. The van der Waals surface area contributed by atoms with Crippen LogP contribution in [0.3, 0.4) is 0 Å². The number of hydrogen-bond acceptors (Lipinski definition) is 3. The van der Waals surface area contributed by atoms with Crippen LogP contribution in [-0.4, -0.2) is 32.4 Å². The maximum Gasteiger partial charge on any atom is 0.417 e. The maximum absolute atomic E-state index is 13.1. The Morgan fingerprint density at radius 1 is 1.27 bits per heavy atom. The summed E-state index contributed by atoms with van der Waals surface area (Å²) in [5.41, 5.74) is -2.84. The van der Waals surface area contributed by atoms with Gasteiger partial charge in [0.25, 0.3) is 0 Å². The van der Waals surface area contributed by atoms with Crippen LogP contribution in [0, 0.1) is 5.92 Å². The van der Waals surface area contributed by atoms with Gasteiger partial charge in [0.05, 0.1) is 0 Å². The minimum Gasteiger partial charge on any atom is -0.461 e. The number of carbonyl (C=O) groups is 1. The molecule has 4 atom stereocenters. The van der Waals surface area contributed by atoms with Crippen molar-refractivity contribution >= 4 is 28.6 Å². The fourth-order valence-electron chi connectivity index (χ4n) is 2.92. The predicted molar refractivity (Wildman–Crippen MR) is 85.8 cm³/mol. The molecule has 1 aliphatic carbocycles. The smallest absolute Gasteiger partial charge is 0.417 e. The molecule has 1 rings (SSSR count). The molecule has 0 aromatic carbocycles. The van der Waals surface area contributed by atoms with Crippen molar-refractivity contribution < 1.29 is 27.8 Å². The van der Waals surface area contributed by atoms with Crippen LogP contribution in [-0.2, 0) is 9.53 Å². The van der Waals surface area contributed by atoms with Gasteiger partial charge in [-0.05, 0) is 39.5 Å². The van der Waals surface area contributed by atoms with Crippen molar-refractivity contribution in [1.82, 2.24) is 0 Å². The second-order valence-electron chi connectivity index (χ2n) is 6.43. The van der Waals surface area contributed by atoms with Crippen molar-refractivity contribution in [2.75, 3.05) is 0 Å². The van der Waals surface area contributed by atoms with E-state index in [9.17, 15) is 23.1 Å². The van der Waals surface area contributed by atoms with E-state index < -0.39 is 33.2 Å². The summed E-state index contributed by atoms with van der Waals surface area (Å²) in [6.45, 7) is 4.43. The number of rotatable bonds is 5. The molecule has 1 N–H and O–H groups in total. The first-order valence-corrected chi connectivity index (χ1v) is 8.70. The van der Waals surface area contributed by atoms with Gasteiger partial charge in [-0.15, -0.1) is 0 Å². The Balaban J connectivity index is 2.89. The molecular formula is C15H24F3IO3. The molecule has 3 nitrogen and oxygen atoms in total. The van der Waals surface area contributed by atoms with Gasteiger partial charge in [0.2, 0.25) is 0 Å². The molecule has 0 amide bonds. The van der Waals surface area contributed by atoms with E-state index in [2.05, 4.69) is 0 Å². The van der Waals surface area contributed by atoms with Crippen LogP contribution >= 0.6 is 22.6 Å². The van der Waals surface area contributed by atoms with Gasteiger partial charge in [0.15, 0.2) is 5.60 Å². The molecule has 0 spiro atoms. The fraction of sp³-hybridized carbons (Fsp3) is 0.933. The van der Waals surface area contributed by atoms with Crippen molar-refractivity contribution in [3.05, 3.63) is 0 Å². The monoisotopic (exact) mass is 436 g/mol. The highest BCUT2D eigenvalue weighted by Crippen LogP contribution is 2.44. The van der Waals surface area contributed by atoms with Crippen LogP contribution in [0.25, 0.3) is 0 Å². The molecule has 1 fully saturated rings. The highest BCUT2D eigenvalue weighted by Gasteiger charge is 2.58. The van der Waals surface area contributed by atoms with Gasteiger partial charge in [0.1, 0.15) is 9.53 Å². The third-order valence-corrected chi connectivity index (χ3v) is 5.38. The van der Waals surface area contributed by atoms with Gasteiger partial charge in [-0.2, -0.15) is 13.2 Å². The highest BCUT2D eigenvalue weighted by atomic mass is 127. The first kappa shape index (κ1) is 20.0. The standard InChI is InChI=1S/C15H24F3IO3/c1-4-9-13(2,19)12(20)22-11-8-6-5-7-10(11)14(3,21)15(16,17)18/h10-11,21H,4-9H2,1-3H3. The Bertz CT molecular complexity index is 394. The van der Waals surface area contributed by atoms with Crippen LogP contribution in [0.4, 0.5) is 13.2 Å². The lowest BCUT2D eigenvalue weighted by atomic mass is 9.75. The molecule has 0 heterocycles. The largest absolute Gasteiger partial charge is 0.461 e. The van der Waals surface area contributed by atoms with Gasteiger partial charge in [-0.25, -0.2) is 0 Å². The first-order chi connectivity index (χ1) is 9.93. The second kappa shape index (κ2) is 7.23. The first-order valence-electron chi connectivity index (χ1n) is 7.62. The molecule has 0 aromatic heterocycles. The van der Waals surface area contributed by atoms with Crippen molar-refractivity contribution in [3.8, 4) is 0 Å². The van der Waals surface area contributed by atoms with E-state index in [1.165, 1.54) is 0 Å². The fourth-order valence-corrected chi connectivity index (χ4v) is 3.59. The predicted octanol–water partition coefficient (Wildman–Crippen LogP) is 4.40. The van der Waals surface area contributed by atoms with Gasteiger partial charge in [-0.1, -0.05) is 42.4 Å². The summed E-state index contributed by atoms with van der Waals surface area (Å²) < 4.78 is 43.9. The summed E-state index contributed by atoms with van der Waals surface area (Å²) >= 11 is 1.98. The quantitative estimate of drug-likeness (QED) is 0.395. The zero-order valence-electron chi connectivity index (χ0n) is 13.2. The van der Waals surface area contributed by atoms with Gasteiger partial charge in [0, 0.05) is 5.92 Å². The molecule has 0 bridgehead atoms. The lowest BCUT2D eigenvalue weighted by Crippen LogP contribution is -2.55. The van der Waals surface area contributed by atoms with Crippen LogP contribution < -0.4 is 0 Å². The van der Waals surface area contributed by atoms with Crippen molar-refractivity contribution in [3.63, 3.8) is 0 Å². The number of hydrogen-bond donors (Lipinski definition) is 1. The Labute approximate surface area is 143 Å². The summed E-state index contributed by atoms with van der Waals surface area (Å²) in [6, 6.07) is 0. The molecule has 0 aliphatic heterocycles. The molecule has 0 saturated heterocycles. The van der Waals surface area contributed by atoms with Gasteiger partial charge in [-0.3, -0.25) is 4.79 Å². The minimum absolute atomic E-state index is 0.205. The van der Waals surface area contributed by atoms with E-state index in [1.54, 1.807) is 6.92 Å². The molecule has 130 valence electrons. The van der Waals surface area contributed by atoms with E-state index in [-0.39, 0.29) is 6.42 Å². The molecule has 0 radical (unpaired) electrons. The van der Waals surface area contributed by atoms with E-state index in [0.717, 1.165) is 13.3 Å². The van der Waals surface area contributed by atoms with E-state index in [0.29, 0.717) is 25.7 Å². The number of carbonyl (C=O) groups excluding carboxylic acids is 1. The molecule has 4 unspecified atom stereocenters. The molecule has 1 saturated carbocycles. The average Bonchev–Trinajstić information content (AvgIpc) is 2.37. The summed E-state index contributed by atoms with van der Waals surface area (Å²) in [5, 5.41) is 9.95. The lowest BCUT2D eigenvalue weighted by molar-refractivity contribution is -0.285. The Morgan fingerprint density at radius 3 is 2.32 bits per heavy atom. The lowest BCUT2D eigenvalue weighted by Gasteiger charge is -2.42. The number of ether oxygens (including phenoxy) is 1. The zero-order chi connectivity index (χ0) is 17.2. The SMILES string of the molecule is CCCC(C)(I)C(=O)OC1CCCCC1C(C)(O)C(F)(F)F. The van der Waals surface area contributed by atoms with Crippen LogP contribution in [0.2, 0.25) is 0 Å². The summed E-state index contributed by atoms with van der Waals surface area (Å²) in [7, 11) is 0. The number of esters is 1. The Morgan fingerprint density at radius 2 is 1.82 bits per heavy atom. The molecular weight excluding hydrogens is 412 g/mol. The molecule has 0 aromatic rings. The second-order valence-corrected chi connectivity index (χ2v) is 8.81. The maximum atomic E-state index is 13.1. The molecule has 7 heteroatoms. The normalized spacial score (nSPS) is 28.5. The zero-order valence-corrected chi connectivity index (χ0v) is 15.3.